The number of nitrogens with zero attached hydrogens (tertiary/aromatic N) is 1. The van der Waals surface area contributed by atoms with Gasteiger partial charge in [0.1, 0.15) is 5.69 Å². The first kappa shape index (κ1) is 11.9. The molecule has 0 atom stereocenters. The van der Waals surface area contributed by atoms with Crippen LogP contribution in [0.25, 0.3) is 0 Å². The SMILES string of the molecule is CC(C)CC(=O)c1ccc(C(C)C)cn1. The lowest BCUT2D eigenvalue weighted by Gasteiger charge is -2.06. The molecule has 82 valence electrons. The third-order valence-electron chi connectivity index (χ3n) is 2.33. The van der Waals surface area contributed by atoms with Crippen LogP contribution in [0.2, 0.25) is 0 Å². The summed E-state index contributed by atoms with van der Waals surface area (Å²) in [5.41, 5.74) is 1.77. The third kappa shape index (κ3) is 3.46. The molecule has 0 fully saturated rings. The third-order valence-corrected chi connectivity index (χ3v) is 2.33. The molecule has 0 amide bonds. The van der Waals surface area contributed by atoms with E-state index in [1.807, 2.05) is 26.0 Å². The monoisotopic (exact) mass is 205 g/mol. The van der Waals surface area contributed by atoms with Crippen molar-refractivity contribution in [3.05, 3.63) is 29.6 Å². The first-order valence-corrected chi connectivity index (χ1v) is 5.50. The van der Waals surface area contributed by atoms with Crippen LogP contribution in [0.1, 0.15) is 56.1 Å². The van der Waals surface area contributed by atoms with Crippen molar-refractivity contribution in [1.82, 2.24) is 4.98 Å². The molecule has 1 aromatic rings. The minimum absolute atomic E-state index is 0.139. The van der Waals surface area contributed by atoms with Crippen molar-refractivity contribution in [3.8, 4) is 0 Å². The van der Waals surface area contributed by atoms with Crippen LogP contribution in [0.4, 0.5) is 0 Å². The fourth-order valence-corrected chi connectivity index (χ4v) is 1.39. The molecule has 0 aromatic carbocycles. The lowest BCUT2D eigenvalue weighted by molar-refractivity contribution is 0.0963. The molecular formula is C13H19NO. The van der Waals surface area contributed by atoms with Gasteiger partial charge in [0.05, 0.1) is 0 Å². The molecule has 0 aliphatic heterocycles. The molecule has 0 aliphatic rings. The molecule has 15 heavy (non-hydrogen) atoms. The van der Waals surface area contributed by atoms with Gasteiger partial charge in [-0.05, 0) is 23.5 Å². The maximum atomic E-state index is 11.7. The number of Topliss-reactive ketones (excluding diaryl/α,β-unsaturated/α-hetero) is 1. The normalized spacial score (nSPS) is 11.1. The first-order valence-electron chi connectivity index (χ1n) is 5.50. The van der Waals surface area contributed by atoms with Crippen molar-refractivity contribution in [2.75, 3.05) is 0 Å². The molecule has 0 saturated heterocycles. The van der Waals surface area contributed by atoms with Gasteiger partial charge in [-0.25, -0.2) is 0 Å². The van der Waals surface area contributed by atoms with Crippen LogP contribution in [-0.4, -0.2) is 10.8 Å². The Hall–Kier alpha value is -1.18. The number of hydrogen-bond donors (Lipinski definition) is 0. The highest BCUT2D eigenvalue weighted by Crippen LogP contribution is 2.14. The van der Waals surface area contributed by atoms with Crippen LogP contribution < -0.4 is 0 Å². The largest absolute Gasteiger partial charge is 0.292 e. The Bertz CT molecular complexity index is 325. The van der Waals surface area contributed by atoms with Crippen molar-refractivity contribution in [1.29, 1.82) is 0 Å². The summed E-state index contributed by atoms with van der Waals surface area (Å²) >= 11 is 0. The summed E-state index contributed by atoms with van der Waals surface area (Å²) in [6.45, 7) is 8.32. The Morgan fingerprint density at radius 3 is 2.33 bits per heavy atom. The van der Waals surface area contributed by atoms with Crippen LogP contribution in [-0.2, 0) is 0 Å². The topological polar surface area (TPSA) is 30.0 Å². The molecule has 0 saturated carbocycles. The minimum Gasteiger partial charge on any atom is -0.292 e. The second kappa shape index (κ2) is 5.06. The predicted octanol–water partition coefficient (Wildman–Crippen LogP) is 3.43. The summed E-state index contributed by atoms with van der Waals surface area (Å²) in [5, 5.41) is 0. The summed E-state index contributed by atoms with van der Waals surface area (Å²) in [5.74, 6) is 0.996. The molecule has 0 N–H and O–H groups in total. The number of pyridine rings is 1. The van der Waals surface area contributed by atoms with E-state index in [2.05, 4.69) is 18.8 Å². The van der Waals surface area contributed by atoms with Gasteiger partial charge in [-0.1, -0.05) is 33.8 Å². The maximum absolute atomic E-state index is 11.7. The van der Waals surface area contributed by atoms with Crippen LogP contribution in [0.15, 0.2) is 18.3 Å². The lowest BCUT2D eigenvalue weighted by atomic mass is 10.0. The number of carbonyl (C=O) groups is 1. The van der Waals surface area contributed by atoms with Gasteiger partial charge >= 0.3 is 0 Å². The van der Waals surface area contributed by atoms with E-state index < -0.39 is 0 Å². The summed E-state index contributed by atoms with van der Waals surface area (Å²) in [6.07, 6.45) is 2.38. The molecule has 2 heteroatoms. The summed E-state index contributed by atoms with van der Waals surface area (Å²) in [6, 6.07) is 3.82. The highest BCUT2D eigenvalue weighted by molar-refractivity contribution is 5.94. The van der Waals surface area contributed by atoms with Crippen LogP contribution >= 0.6 is 0 Å². The molecule has 1 aromatic heterocycles. The predicted molar refractivity (Wildman–Crippen MR) is 62.1 cm³/mol. The zero-order chi connectivity index (χ0) is 11.4. The van der Waals surface area contributed by atoms with Crippen molar-refractivity contribution in [2.24, 2.45) is 5.92 Å². The highest BCUT2D eigenvalue weighted by Gasteiger charge is 2.09. The Balaban J connectivity index is 2.75. The van der Waals surface area contributed by atoms with E-state index in [1.54, 1.807) is 6.20 Å². The quantitative estimate of drug-likeness (QED) is 0.705. The number of ketones is 1. The maximum Gasteiger partial charge on any atom is 0.181 e. The number of rotatable bonds is 4. The summed E-state index contributed by atoms with van der Waals surface area (Å²) in [4.78, 5) is 15.9. The van der Waals surface area contributed by atoms with Crippen molar-refractivity contribution < 1.29 is 4.79 Å². The van der Waals surface area contributed by atoms with Gasteiger partial charge in [0.25, 0.3) is 0 Å². The van der Waals surface area contributed by atoms with Gasteiger partial charge < -0.3 is 0 Å². The van der Waals surface area contributed by atoms with Crippen LogP contribution in [0.5, 0.6) is 0 Å². The number of aromatic nitrogens is 1. The summed E-state index contributed by atoms with van der Waals surface area (Å²) < 4.78 is 0. The van der Waals surface area contributed by atoms with E-state index >= 15 is 0 Å². The standard InChI is InChI=1S/C13H19NO/c1-9(2)7-13(15)12-6-5-11(8-14-12)10(3)4/h5-6,8-10H,7H2,1-4H3. The fraction of sp³-hybridized carbons (Fsp3) is 0.538. The van der Waals surface area contributed by atoms with Gasteiger partial charge in [-0.2, -0.15) is 0 Å². The first-order chi connectivity index (χ1) is 7.00. The molecule has 0 unspecified atom stereocenters. The average Bonchev–Trinajstić information content (AvgIpc) is 2.17. The molecular weight excluding hydrogens is 186 g/mol. The molecule has 1 rings (SSSR count). The van der Waals surface area contributed by atoms with Gasteiger partial charge in [-0.15, -0.1) is 0 Å². The van der Waals surface area contributed by atoms with E-state index in [4.69, 9.17) is 0 Å². The molecule has 0 spiro atoms. The zero-order valence-electron chi connectivity index (χ0n) is 9.95. The highest BCUT2D eigenvalue weighted by atomic mass is 16.1. The Kier molecular flexibility index (Phi) is 4.01. The van der Waals surface area contributed by atoms with E-state index in [0.29, 0.717) is 24.0 Å². The Morgan fingerprint density at radius 2 is 1.93 bits per heavy atom. The van der Waals surface area contributed by atoms with E-state index in [9.17, 15) is 4.79 Å². The summed E-state index contributed by atoms with van der Waals surface area (Å²) in [7, 11) is 0. The Labute approximate surface area is 91.7 Å². The molecule has 0 bridgehead atoms. The smallest absolute Gasteiger partial charge is 0.181 e. The van der Waals surface area contributed by atoms with Crippen molar-refractivity contribution in [2.45, 2.75) is 40.0 Å². The van der Waals surface area contributed by atoms with Crippen molar-refractivity contribution >= 4 is 5.78 Å². The molecule has 2 nitrogen and oxygen atoms in total. The van der Waals surface area contributed by atoms with Crippen LogP contribution in [0.3, 0.4) is 0 Å². The van der Waals surface area contributed by atoms with Gasteiger partial charge in [0.15, 0.2) is 5.78 Å². The number of carbonyl (C=O) groups excluding carboxylic acids is 1. The average molecular weight is 205 g/mol. The van der Waals surface area contributed by atoms with Gasteiger partial charge in [0, 0.05) is 12.6 Å². The van der Waals surface area contributed by atoms with E-state index in [-0.39, 0.29) is 5.78 Å². The van der Waals surface area contributed by atoms with Gasteiger partial charge in [-0.3, -0.25) is 9.78 Å². The minimum atomic E-state index is 0.139. The van der Waals surface area contributed by atoms with Crippen molar-refractivity contribution in [3.63, 3.8) is 0 Å². The second-order valence-corrected chi connectivity index (χ2v) is 4.65. The fourth-order valence-electron chi connectivity index (χ4n) is 1.39. The second-order valence-electron chi connectivity index (χ2n) is 4.65. The van der Waals surface area contributed by atoms with E-state index in [0.717, 1.165) is 0 Å². The van der Waals surface area contributed by atoms with E-state index in [1.165, 1.54) is 5.56 Å². The van der Waals surface area contributed by atoms with Gasteiger partial charge in [0.2, 0.25) is 0 Å². The molecule has 1 heterocycles. The lowest BCUT2D eigenvalue weighted by Crippen LogP contribution is -2.06. The molecule has 0 radical (unpaired) electrons. The zero-order valence-corrected chi connectivity index (χ0v) is 9.95. The van der Waals surface area contributed by atoms with Crippen LogP contribution in [0, 0.1) is 5.92 Å². The molecule has 0 aliphatic carbocycles. The number of hydrogen-bond acceptors (Lipinski definition) is 2. The Morgan fingerprint density at radius 1 is 1.27 bits per heavy atom.